The number of hydrogen-bond acceptors (Lipinski definition) is 3. The Hall–Kier alpha value is -2.30. The predicted octanol–water partition coefficient (Wildman–Crippen LogP) is 3.34. The molecule has 0 saturated carbocycles. The summed E-state index contributed by atoms with van der Waals surface area (Å²) in [4.78, 5) is 19.4. The quantitative estimate of drug-likeness (QED) is 0.886. The Morgan fingerprint density at radius 3 is 2.62 bits per heavy atom. The summed E-state index contributed by atoms with van der Waals surface area (Å²) in [6.45, 7) is 6.22. The van der Waals surface area contributed by atoms with Crippen molar-refractivity contribution in [2.24, 2.45) is 5.92 Å². The summed E-state index contributed by atoms with van der Waals surface area (Å²) in [5, 5.41) is 2.86. The zero-order chi connectivity index (χ0) is 15.2. The van der Waals surface area contributed by atoms with Crippen LogP contribution in [0.15, 0.2) is 36.5 Å². The van der Waals surface area contributed by atoms with E-state index in [0.717, 1.165) is 17.1 Å². The number of nitrogens with zero attached hydrogens (tertiary/aromatic N) is 1. The first kappa shape index (κ1) is 15.1. The molecule has 0 radical (unpaired) electrons. The van der Waals surface area contributed by atoms with E-state index in [1.54, 1.807) is 0 Å². The molecule has 5 nitrogen and oxygen atoms in total. The molecule has 0 aliphatic heterocycles. The Bertz CT molecular complexity index is 578. The smallest absolute Gasteiger partial charge is 0.408 e. The van der Waals surface area contributed by atoms with E-state index in [1.165, 1.54) is 0 Å². The Morgan fingerprint density at radius 2 is 2.05 bits per heavy atom. The molecule has 1 amide bonds. The van der Waals surface area contributed by atoms with Crippen molar-refractivity contribution < 1.29 is 9.53 Å². The van der Waals surface area contributed by atoms with Crippen molar-refractivity contribution in [1.29, 1.82) is 0 Å². The number of amides is 1. The highest BCUT2D eigenvalue weighted by atomic mass is 16.5. The molecule has 0 bridgehead atoms. The number of ether oxygens (including phenoxy) is 1. The second kappa shape index (κ2) is 6.92. The van der Waals surface area contributed by atoms with Gasteiger partial charge in [-0.25, -0.2) is 9.78 Å². The van der Waals surface area contributed by atoms with E-state index in [9.17, 15) is 4.79 Å². The maximum atomic E-state index is 11.9. The molecule has 21 heavy (non-hydrogen) atoms. The standard InChI is InChI=1S/C16H21N3O2/c1-11(2)14(15-17-9-12(3)18-15)19-16(20)21-10-13-7-5-4-6-8-13/h4-9,11,14H,10H2,1-3H3,(H,17,18)(H,19,20)/t14-/m0/s1. The fraction of sp³-hybridized carbons (Fsp3) is 0.375. The van der Waals surface area contributed by atoms with Crippen molar-refractivity contribution in [3.63, 3.8) is 0 Å². The zero-order valence-electron chi connectivity index (χ0n) is 12.6. The maximum Gasteiger partial charge on any atom is 0.408 e. The molecule has 0 fully saturated rings. The average Bonchev–Trinajstić information content (AvgIpc) is 2.89. The summed E-state index contributed by atoms with van der Waals surface area (Å²) in [6.07, 6.45) is 1.38. The molecule has 0 saturated heterocycles. The largest absolute Gasteiger partial charge is 0.445 e. The number of rotatable bonds is 5. The summed E-state index contributed by atoms with van der Waals surface area (Å²) in [5.74, 6) is 0.957. The van der Waals surface area contributed by atoms with Gasteiger partial charge >= 0.3 is 6.09 Å². The normalized spacial score (nSPS) is 12.2. The van der Waals surface area contributed by atoms with Crippen LogP contribution in [0.4, 0.5) is 4.79 Å². The lowest BCUT2D eigenvalue weighted by Gasteiger charge is -2.20. The van der Waals surface area contributed by atoms with Crippen LogP contribution < -0.4 is 5.32 Å². The van der Waals surface area contributed by atoms with Gasteiger partial charge in [-0.1, -0.05) is 44.2 Å². The number of alkyl carbamates (subject to hydrolysis) is 1. The van der Waals surface area contributed by atoms with Gasteiger partial charge in [0.05, 0.1) is 11.7 Å². The Labute approximate surface area is 124 Å². The van der Waals surface area contributed by atoms with Crippen molar-refractivity contribution in [2.75, 3.05) is 0 Å². The van der Waals surface area contributed by atoms with E-state index in [-0.39, 0.29) is 18.6 Å². The van der Waals surface area contributed by atoms with Crippen LogP contribution in [0, 0.1) is 12.8 Å². The summed E-state index contributed by atoms with van der Waals surface area (Å²) in [5.41, 5.74) is 1.86. The van der Waals surface area contributed by atoms with E-state index in [1.807, 2.05) is 57.3 Å². The van der Waals surface area contributed by atoms with Gasteiger partial charge in [0, 0.05) is 6.20 Å². The minimum Gasteiger partial charge on any atom is -0.445 e. The Kier molecular flexibility index (Phi) is 4.98. The number of hydrogen-bond donors (Lipinski definition) is 2. The lowest BCUT2D eigenvalue weighted by atomic mass is 10.0. The van der Waals surface area contributed by atoms with Crippen LogP contribution in [0.2, 0.25) is 0 Å². The number of aryl methyl sites for hydroxylation is 1. The number of benzene rings is 1. The van der Waals surface area contributed by atoms with Crippen LogP contribution in [0.3, 0.4) is 0 Å². The van der Waals surface area contributed by atoms with E-state index in [4.69, 9.17) is 4.74 Å². The van der Waals surface area contributed by atoms with Crippen LogP contribution in [-0.2, 0) is 11.3 Å². The number of nitrogens with one attached hydrogen (secondary N) is 2. The van der Waals surface area contributed by atoms with Gasteiger partial charge < -0.3 is 15.0 Å². The van der Waals surface area contributed by atoms with Crippen molar-refractivity contribution in [1.82, 2.24) is 15.3 Å². The molecule has 5 heteroatoms. The first-order valence-corrected chi connectivity index (χ1v) is 7.05. The molecular weight excluding hydrogens is 266 g/mol. The van der Waals surface area contributed by atoms with Crippen molar-refractivity contribution >= 4 is 6.09 Å². The van der Waals surface area contributed by atoms with Crippen LogP contribution in [0.5, 0.6) is 0 Å². The second-order valence-corrected chi connectivity index (χ2v) is 5.35. The number of carbonyl (C=O) groups is 1. The molecule has 1 heterocycles. The summed E-state index contributed by atoms with van der Waals surface area (Å²) in [7, 11) is 0. The summed E-state index contributed by atoms with van der Waals surface area (Å²) >= 11 is 0. The molecule has 1 aromatic carbocycles. The molecule has 112 valence electrons. The first-order valence-electron chi connectivity index (χ1n) is 7.05. The maximum absolute atomic E-state index is 11.9. The second-order valence-electron chi connectivity index (χ2n) is 5.35. The van der Waals surface area contributed by atoms with Crippen molar-refractivity contribution in [3.05, 3.63) is 53.6 Å². The molecule has 0 aliphatic carbocycles. The predicted molar refractivity (Wildman–Crippen MR) is 80.7 cm³/mol. The SMILES string of the molecule is Cc1c[nH]c([C@@H](NC(=O)OCc2ccccc2)C(C)C)n1. The molecule has 2 N–H and O–H groups in total. The minimum atomic E-state index is -0.438. The van der Waals surface area contributed by atoms with Gasteiger partial charge in [-0.15, -0.1) is 0 Å². The third-order valence-electron chi connectivity index (χ3n) is 3.17. The van der Waals surface area contributed by atoms with Gasteiger partial charge in [-0.05, 0) is 18.4 Å². The molecule has 1 atom stereocenters. The van der Waals surface area contributed by atoms with Crippen LogP contribution in [0.25, 0.3) is 0 Å². The number of H-pyrrole nitrogens is 1. The third-order valence-corrected chi connectivity index (χ3v) is 3.17. The number of aromatic nitrogens is 2. The lowest BCUT2D eigenvalue weighted by molar-refractivity contribution is 0.132. The van der Waals surface area contributed by atoms with Crippen molar-refractivity contribution in [3.8, 4) is 0 Å². The van der Waals surface area contributed by atoms with Gasteiger partial charge in [-0.3, -0.25) is 0 Å². The van der Waals surface area contributed by atoms with Crippen LogP contribution in [-0.4, -0.2) is 16.1 Å². The highest BCUT2D eigenvalue weighted by Gasteiger charge is 2.21. The topological polar surface area (TPSA) is 67.0 Å². The number of aromatic amines is 1. The molecule has 2 rings (SSSR count). The molecule has 0 unspecified atom stereocenters. The molecule has 0 aliphatic rings. The minimum absolute atomic E-state index is 0.193. The monoisotopic (exact) mass is 287 g/mol. The lowest BCUT2D eigenvalue weighted by Crippen LogP contribution is -2.32. The van der Waals surface area contributed by atoms with E-state index in [0.29, 0.717) is 0 Å². The molecule has 1 aromatic heterocycles. The van der Waals surface area contributed by atoms with Gasteiger partial charge in [0.2, 0.25) is 0 Å². The van der Waals surface area contributed by atoms with Gasteiger partial charge in [0.1, 0.15) is 12.4 Å². The fourth-order valence-electron chi connectivity index (χ4n) is 2.03. The first-order chi connectivity index (χ1) is 10.1. The van der Waals surface area contributed by atoms with E-state index >= 15 is 0 Å². The summed E-state index contributed by atoms with van der Waals surface area (Å²) < 4.78 is 5.25. The average molecular weight is 287 g/mol. The highest BCUT2D eigenvalue weighted by molar-refractivity contribution is 5.67. The number of carbonyl (C=O) groups excluding carboxylic acids is 1. The van der Waals surface area contributed by atoms with Crippen LogP contribution >= 0.6 is 0 Å². The molecular formula is C16H21N3O2. The van der Waals surface area contributed by atoms with E-state index in [2.05, 4.69) is 15.3 Å². The molecule has 2 aromatic rings. The highest BCUT2D eigenvalue weighted by Crippen LogP contribution is 2.19. The van der Waals surface area contributed by atoms with Gasteiger partial charge in [0.25, 0.3) is 0 Å². The van der Waals surface area contributed by atoms with Gasteiger partial charge in [0.15, 0.2) is 0 Å². The fourth-order valence-corrected chi connectivity index (χ4v) is 2.03. The summed E-state index contributed by atoms with van der Waals surface area (Å²) in [6, 6.07) is 9.41. The van der Waals surface area contributed by atoms with Crippen molar-refractivity contribution in [2.45, 2.75) is 33.4 Å². The Morgan fingerprint density at radius 1 is 1.33 bits per heavy atom. The Balaban J connectivity index is 1.93. The van der Waals surface area contributed by atoms with Crippen LogP contribution in [0.1, 0.15) is 37.0 Å². The zero-order valence-corrected chi connectivity index (χ0v) is 12.6. The van der Waals surface area contributed by atoms with E-state index < -0.39 is 6.09 Å². The third kappa shape index (κ3) is 4.34. The number of imidazole rings is 1. The van der Waals surface area contributed by atoms with Gasteiger partial charge in [-0.2, -0.15) is 0 Å². The molecule has 0 spiro atoms.